The molecule has 0 bridgehead atoms. The van der Waals surface area contributed by atoms with Gasteiger partial charge in [-0.05, 0) is 26.3 Å². The van der Waals surface area contributed by atoms with Gasteiger partial charge in [0.25, 0.3) is 5.91 Å². The van der Waals surface area contributed by atoms with Gasteiger partial charge in [-0.1, -0.05) is 11.6 Å². The van der Waals surface area contributed by atoms with E-state index in [1.54, 1.807) is 13.0 Å². The Kier molecular flexibility index (Phi) is 4.71. The van der Waals surface area contributed by atoms with Crippen LogP contribution in [0.5, 0.6) is 0 Å². The molecule has 0 aliphatic heterocycles. The monoisotopic (exact) mass is 242 g/mol. The van der Waals surface area contributed by atoms with Gasteiger partial charge in [0.15, 0.2) is 0 Å². The van der Waals surface area contributed by atoms with Crippen LogP contribution in [0, 0.1) is 0 Å². The Morgan fingerprint density at radius 3 is 2.88 bits per heavy atom. The van der Waals surface area contributed by atoms with E-state index in [2.05, 4.69) is 10.3 Å². The molecule has 0 aromatic carbocycles. The van der Waals surface area contributed by atoms with Gasteiger partial charge >= 0.3 is 0 Å². The van der Waals surface area contributed by atoms with Crippen molar-refractivity contribution < 1.29 is 9.90 Å². The van der Waals surface area contributed by atoms with Crippen LogP contribution in [0.4, 0.5) is 0 Å². The number of rotatable bonds is 4. The number of aliphatic hydroxyl groups excluding tert-OH is 1. The number of hydrogen-bond acceptors (Lipinski definition) is 3. The first-order chi connectivity index (χ1) is 7.50. The van der Waals surface area contributed by atoms with Crippen LogP contribution in [-0.2, 0) is 0 Å². The standard InChI is InChI=1S/C11H15ClN2O2/c1-7(5-8(2)15)14-11(16)9-6-13-4-3-10(9)12/h3-4,6-8,15H,5H2,1-2H3,(H,14,16). The number of halogens is 1. The molecule has 1 heterocycles. The third kappa shape index (κ3) is 3.79. The number of nitrogens with one attached hydrogen (secondary N) is 1. The summed E-state index contributed by atoms with van der Waals surface area (Å²) in [5, 5.41) is 12.3. The Hall–Kier alpha value is -1.13. The lowest BCUT2D eigenvalue weighted by molar-refractivity contribution is 0.0923. The van der Waals surface area contributed by atoms with Crippen LogP contribution in [0.2, 0.25) is 5.02 Å². The van der Waals surface area contributed by atoms with Gasteiger partial charge in [0, 0.05) is 18.4 Å². The van der Waals surface area contributed by atoms with Crippen LogP contribution < -0.4 is 5.32 Å². The topological polar surface area (TPSA) is 62.2 Å². The zero-order valence-electron chi connectivity index (χ0n) is 9.27. The molecule has 0 aliphatic carbocycles. The number of amides is 1. The summed E-state index contributed by atoms with van der Waals surface area (Å²) in [6.07, 6.45) is 3.01. The Labute approximate surface area is 99.6 Å². The second-order valence-electron chi connectivity index (χ2n) is 3.81. The van der Waals surface area contributed by atoms with E-state index in [0.717, 1.165) is 0 Å². The van der Waals surface area contributed by atoms with Crippen molar-refractivity contribution in [1.82, 2.24) is 10.3 Å². The maximum atomic E-state index is 11.7. The second-order valence-corrected chi connectivity index (χ2v) is 4.22. The molecule has 0 saturated heterocycles. The van der Waals surface area contributed by atoms with Crippen LogP contribution in [0.1, 0.15) is 30.6 Å². The van der Waals surface area contributed by atoms with Crippen molar-refractivity contribution in [3.05, 3.63) is 29.0 Å². The predicted octanol–water partition coefficient (Wildman–Crippen LogP) is 1.62. The van der Waals surface area contributed by atoms with Gasteiger partial charge in [-0.15, -0.1) is 0 Å². The van der Waals surface area contributed by atoms with Crippen LogP contribution in [-0.4, -0.2) is 28.1 Å². The molecule has 5 heteroatoms. The molecular weight excluding hydrogens is 228 g/mol. The number of carbonyl (C=O) groups is 1. The lowest BCUT2D eigenvalue weighted by Crippen LogP contribution is -2.34. The zero-order valence-corrected chi connectivity index (χ0v) is 10.0. The van der Waals surface area contributed by atoms with Crippen molar-refractivity contribution in [3.63, 3.8) is 0 Å². The Bertz CT molecular complexity index is 369. The summed E-state index contributed by atoms with van der Waals surface area (Å²) in [6, 6.07) is 1.46. The van der Waals surface area contributed by atoms with E-state index in [1.165, 1.54) is 12.4 Å². The summed E-state index contributed by atoms with van der Waals surface area (Å²) in [7, 11) is 0. The smallest absolute Gasteiger partial charge is 0.254 e. The van der Waals surface area contributed by atoms with Gasteiger partial charge in [0.2, 0.25) is 0 Å². The van der Waals surface area contributed by atoms with E-state index >= 15 is 0 Å². The highest BCUT2D eigenvalue weighted by molar-refractivity contribution is 6.33. The van der Waals surface area contributed by atoms with Crippen LogP contribution in [0.25, 0.3) is 0 Å². The van der Waals surface area contributed by atoms with Crippen LogP contribution in [0.3, 0.4) is 0 Å². The van der Waals surface area contributed by atoms with E-state index in [0.29, 0.717) is 17.0 Å². The van der Waals surface area contributed by atoms with E-state index in [-0.39, 0.29) is 11.9 Å². The zero-order chi connectivity index (χ0) is 12.1. The average molecular weight is 243 g/mol. The van der Waals surface area contributed by atoms with Gasteiger partial charge in [-0.2, -0.15) is 0 Å². The molecule has 1 aromatic rings. The highest BCUT2D eigenvalue weighted by atomic mass is 35.5. The first kappa shape index (κ1) is 12.9. The van der Waals surface area contributed by atoms with Crippen molar-refractivity contribution in [2.24, 2.45) is 0 Å². The number of hydrogen-bond donors (Lipinski definition) is 2. The molecule has 0 radical (unpaired) electrons. The third-order valence-electron chi connectivity index (χ3n) is 2.08. The molecular formula is C11H15ClN2O2. The van der Waals surface area contributed by atoms with Gasteiger partial charge in [0.05, 0.1) is 16.7 Å². The molecule has 0 aliphatic rings. The molecule has 0 spiro atoms. The number of carbonyl (C=O) groups excluding carboxylic acids is 1. The van der Waals surface area contributed by atoms with Gasteiger partial charge in [0.1, 0.15) is 0 Å². The molecule has 1 rings (SSSR count). The number of nitrogens with zero attached hydrogens (tertiary/aromatic N) is 1. The Morgan fingerprint density at radius 2 is 2.31 bits per heavy atom. The highest BCUT2D eigenvalue weighted by Gasteiger charge is 2.14. The summed E-state index contributed by atoms with van der Waals surface area (Å²) >= 11 is 5.86. The Morgan fingerprint density at radius 1 is 1.62 bits per heavy atom. The summed E-state index contributed by atoms with van der Waals surface area (Å²) in [5.41, 5.74) is 0.349. The molecule has 88 valence electrons. The quantitative estimate of drug-likeness (QED) is 0.844. The highest BCUT2D eigenvalue weighted by Crippen LogP contribution is 2.13. The van der Waals surface area contributed by atoms with Crippen molar-refractivity contribution in [2.75, 3.05) is 0 Å². The van der Waals surface area contributed by atoms with Gasteiger partial charge < -0.3 is 10.4 Å². The Balaban J connectivity index is 2.63. The lowest BCUT2D eigenvalue weighted by atomic mass is 10.1. The van der Waals surface area contributed by atoms with E-state index in [4.69, 9.17) is 11.6 Å². The average Bonchev–Trinajstić information content (AvgIpc) is 2.16. The normalized spacial score (nSPS) is 14.2. The fraction of sp³-hybridized carbons (Fsp3) is 0.455. The molecule has 2 unspecified atom stereocenters. The summed E-state index contributed by atoms with van der Waals surface area (Å²) < 4.78 is 0. The van der Waals surface area contributed by atoms with Crippen molar-refractivity contribution in [1.29, 1.82) is 0 Å². The second kappa shape index (κ2) is 5.82. The van der Waals surface area contributed by atoms with Gasteiger partial charge in [-0.25, -0.2) is 0 Å². The predicted molar refractivity (Wildman–Crippen MR) is 62.5 cm³/mol. The fourth-order valence-electron chi connectivity index (χ4n) is 1.42. The molecule has 16 heavy (non-hydrogen) atoms. The molecule has 2 atom stereocenters. The largest absolute Gasteiger partial charge is 0.393 e. The molecule has 2 N–H and O–H groups in total. The van der Waals surface area contributed by atoms with Crippen molar-refractivity contribution in [3.8, 4) is 0 Å². The van der Waals surface area contributed by atoms with E-state index in [9.17, 15) is 9.90 Å². The minimum absolute atomic E-state index is 0.108. The summed E-state index contributed by atoms with van der Waals surface area (Å²) in [5.74, 6) is -0.272. The summed E-state index contributed by atoms with van der Waals surface area (Å²) in [6.45, 7) is 3.51. The molecule has 1 aromatic heterocycles. The first-order valence-electron chi connectivity index (χ1n) is 5.09. The van der Waals surface area contributed by atoms with E-state index < -0.39 is 6.10 Å². The lowest BCUT2D eigenvalue weighted by Gasteiger charge is -2.15. The van der Waals surface area contributed by atoms with Crippen molar-refractivity contribution >= 4 is 17.5 Å². The number of aromatic nitrogens is 1. The number of pyridine rings is 1. The molecule has 4 nitrogen and oxygen atoms in total. The third-order valence-corrected chi connectivity index (χ3v) is 2.41. The summed E-state index contributed by atoms with van der Waals surface area (Å²) in [4.78, 5) is 15.6. The maximum Gasteiger partial charge on any atom is 0.254 e. The van der Waals surface area contributed by atoms with Crippen molar-refractivity contribution in [2.45, 2.75) is 32.4 Å². The van der Waals surface area contributed by atoms with Crippen LogP contribution in [0.15, 0.2) is 18.5 Å². The SMILES string of the molecule is CC(O)CC(C)NC(=O)c1cnccc1Cl. The minimum Gasteiger partial charge on any atom is -0.393 e. The van der Waals surface area contributed by atoms with Crippen LogP contribution >= 0.6 is 11.6 Å². The molecule has 0 saturated carbocycles. The fourth-order valence-corrected chi connectivity index (χ4v) is 1.61. The first-order valence-corrected chi connectivity index (χ1v) is 5.47. The molecule has 0 fully saturated rings. The van der Waals surface area contributed by atoms with Gasteiger partial charge in [-0.3, -0.25) is 9.78 Å². The minimum atomic E-state index is -0.445. The molecule has 1 amide bonds. The number of aliphatic hydroxyl groups is 1. The maximum absolute atomic E-state index is 11.7. The van der Waals surface area contributed by atoms with E-state index in [1.807, 2.05) is 6.92 Å².